The molecule has 0 aliphatic carbocycles. The normalized spacial score (nSPS) is 15.2. The summed E-state index contributed by atoms with van der Waals surface area (Å²) in [7, 11) is 3.03. The van der Waals surface area contributed by atoms with Crippen LogP contribution in [0.5, 0.6) is 11.5 Å². The summed E-state index contributed by atoms with van der Waals surface area (Å²) in [5, 5.41) is 4.26. The van der Waals surface area contributed by atoms with Gasteiger partial charge in [-0.3, -0.25) is 0 Å². The van der Waals surface area contributed by atoms with E-state index in [0.29, 0.717) is 33.4 Å². The van der Waals surface area contributed by atoms with Crippen LogP contribution in [-0.4, -0.2) is 25.9 Å². The Bertz CT molecular complexity index is 844. The quantitative estimate of drug-likeness (QED) is 0.627. The van der Waals surface area contributed by atoms with E-state index in [2.05, 4.69) is 5.16 Å². The van der Waals surface area contributed by atoms with Crippen LogP contribution in [0.1, 0.15) is 11.1 Å². The van der Waals surface area contributed by atoms with Crippen LogP contribution in [-0.2, 0) is 9.63 Å². The highest BCUT2D eigenvalue weighted by Crippen LogP contribution is 2.37. The number of benzene rings is 2. The van der Waals surface area contributed by atoms with Crippen LogP contribution in [0.3, 0.4) is 0 Å². The molecule has 122 valence electrons. The number of methoxy groups -OCH3 is 2. The zero-order chi connectivity index (χ0) is 17.1. The van der Waals surface area contributed by atoms with Crippen molar-refractivity contribution in [1.82, 2.24) is 0 Å². The highest BCUT2D eigenvalue weighted by Gasteiger charge is 2.27. The van der Waals surface area contributed by atoms with Gasteiger partial charge in [-0.15, -0.1) is 0 Å². The first-order valence-electron chi connectivity index (χ1n) is 7.12. The highest BCUT2D eigenvalue weighted by atomic mass is 35.5. The lowest BCUT2D eigenvalue weighted by molar-refractivity contribution is -0.136. The summed E-state index contributed by atoms with van der Waals surface area (Å²) in [6.07, 6.45) is 1.66. The molecule has 2 aromatic rings. The molecule has 0 saturated heterocycles. The summed E-state index contributed by atoms with van der Waals surface area (Å²) in [4.78, 5) is 16.9. The molecular formula is C18H14ClNO4. The Morgan fingerprint density at radius 2 is 1.88 bits per heavy atom. The van der Waals surface area contributed by atoms with Gasteiger partial charge in [-0.05, 0) is 23.8 Å². The minimum atomic E-state index is -0.514. The van der Waals surface area contributed by atoms with Crippen molar-refractivity contribution in [2.75, 3.05) is 14.2 Å². The number of halogens is 1. The number of carbonyl (C=O) groups excluding carboxylic acids is 1. The van der Waals surface area contributed by atoms with Gasteiger partial charge in [-0.25, -0.2) is 4.79 Å². The minimum absolute atomic E-state index is 0.351. The van der Waals surface area contributed by atoms with Crippen molar-refractivity contribution in [2.24, 2.45) is 5.16 Å². The molecule has 6 heteroatoms. The first kappa shape index (κ1) is 16.1. The van der Waals surface area contributed by atoms with Crippen molar-refractivity contribution in [3.8, 4) is 11.5 Å². The van der Waals surface area contributed by atoms with E-state index < -0.39 is 5.97 Å². The fraction of sp³-hybridized carbons (Fsp3) is 0.111. The van der Waals surface area contributed by atoms with Crippen LogP contribution in [0.15, 0.2) is 53.2 Å². The van der Waals surface area contributed by atoms with Crippen molar-refractivity contribution >= 4 is 29.4 Å². The van der Waals surface area contributed by atoms with Gasteiger partial charge in [0.05, 0.1) is 24.8 Å². The first-order chi connectivity index (χ1) is 11.6. The van der Waals surface area contributed by atoms with Gasteiger partial charge in [0, 0.05) is 5.56 Å². The molecule has 0 spiro atoms. The maximum Gasteiger partial charge on any atom is 0.368 e. The predicted molar refractivity (Wildman–Crippen MR) is 91.6 cm³/mol. The maximum absolute atomic E-state index is 12.0. The summed E-state index contributed by atoms with van der Waals surface area (Å²) in [5.41, 5.74) is 2.30. The number of rotatable bonds is 4. The maximum atomic E-state index is 12.0. The molecule has 0 fully saturated rings. The van der Waals surface area contributed by atoms with Gasteiger partial charge in [0.25, 0.3) is 0 Å². The lowest BCUT2D eigenvalue weighted by Crippen LogP contribution is -2.06. The van der Waals surface area contributed by atoms with Gasteiger partial charge in [0.15, 0.2) is 11.5 Å². The molecule has 0 aromatic heterocycles. The molecule has 0 atom stereocenters. The average molecular weight is 344 g/mol. The Morgan fingerprint density at radius 3 is 2.54 bits per heavy atom. The first-order valence-corrected chi connectivity index (χ1v) is 7.50. The molecule has 24 heavy (non-hydrogen) atoms. The molecule has 0 saturated carbocycles. The van der Waals surface area contributed by atoms with Crippen LogP contribution in [0, 0.1) is 0 Å². The van der Waals surface area contributed by atoms with Crippen LogP contribution in [0.25, 0.3) is 6.08 Å². The number of nitrogens with zero attached hydrogens (tertiary/aromatic N) is 1. The van der Waals surface area contributed by atoms with Crippen LogP contribution >= 0.6 is 11.6 Å². The Balaban J connectivity index is 2.05. The third-order valence-corrected chi connectivity index (χ3v) is 3.79. The number of oxime groups is 1. The van der Waals surface area contributed by atoms with E-state index in [-0.39, 0.29) is 0 Å². The molecule has 2 aromatic carbocycles. The summed E-state index contributed by atoms with van der Waals surface area (Å²) in [5.74, 6) is 0.397. The Morgan fingerprint density at radius 1 is 1.12 bits per heavy atom. The van der Waals surface area contributed by atoms with Crippen LogP contribution in [0.2, 0.25) is 5.02 Å². The summed E-state index contributed by atoms with van der Waals surface area (Å²) >= 11 is 6.21. The summed E-state index contributed by atoms with van der Waals surface area (Å²) in [6.45, 7) is 0. The van der Waals surface area contributed by atoms with Crippen LogP contribution in [0.4, 0.5) is 0 Å². The van der Waals surface area contributed by atoms with E-state index in [1.165, 1.54) is 14.2 Å². The van der Waals surface area contributed by atoms with Crippen molar-refractivity contribution in [1.29, 1.82) is 0 Å². The van der Waals surface area contributed by atoms with Crippen molar-refractivity contribution in [2.45, 2.75) is 0 Å². The number of hydrogen-bond donors (Lipinski definition) is 0. The number of ether oxygens (including phenoxy) is 2. The molecule has 0 N–H and O–H groups in total. The van der Waals surface area contributed by atoms with E-state index in [0.717, 1.165) is 5.56 Å². The van der Waals surface area contributed by atoms with Crippen molar-refractivity contribution in [3.63, 3.8) is 0 Å². The second-order valence-corrected chi connectivity index (χ2v) is 5.39. The topological polar surface area (TPSA) is 57.1 Å². The van der Waals surface area contributed by atoms with Gasteiger partial charge >= 0.3 is 5.97 Å². The number of carbonyl (C=O) groups is 1. The molecule has 1 heterocycles. The van der Waals surface area contributed by atoms with Gasteiger partial charge in [-0.2, -0.15) is 0 Å². The number of hydrogen-bond acceptors (Lipinski definition) is 5. The lowest BCUT2D eigenvalue weighted by atomic mass is 10.0. The fourth-order valence-corrected chi connectivity index (χ4v) is 2.70. The Kier molecular flexibility index (Phi) is 4.53. The molecule has 0 bridgehead atoms. The van der Waals surface area contributed by atoms with E-state index in [4.69, 9.17) is 25.9 Å². The third kappa shape index (κ3) is 2.98. The van der Waals surface area contributed by atoms with Gasteiger partial charge < -0.3 is 14.3 Å². The average Bonchev–Trinajstić information content (AvgIpc) is 2.96. The van der Waals surface area contributed by atoms with Gasteiger partial charge in [0.2, 0.25) is 0 Å². The predicted octanol–water partition coefficient (Wildman–Crippen LogP) is 3.70. The molecular weight excluding hydrogens is 330 g/mol. The molecule has 0 amide bonds. The van der Waals surface area contributed by atoms with E-state index in [1.807, 2.05) is 30.3 Å². The van der Waals surface area contributed by atoms with E-state index in [9.17, 15) is 4.79 Å². The standard InChI is InChI=1S/C18H14ClNO4/c1-22-15-10-11(9-14(19)17(15)23-2)8-13-16(20-24-18(13)21)12-6-4-3-5-7-12/h3-10H,1-2H3/b13-8-. The zero-order valence-electron chi connectivity index (χ0n) is 13.1. The molecule has 5 nitrogen and oxygen atoms in total. The van der Waals surface area contributed by atoms with Crippen molar-refractivity contribution < 1.29 is 19.1 Å². The molecule has 1 aliphatic heterocycles. The van der Waals surface area contributed by atoms with Gasteiger partial charge in [-0.1, -0.05) is 47.1 Å². The minimum Gasteiger partial charge on any atom is -0.493 e. The Hall–Kier alpha value is -2.79. The Labute approximate surface area is 144 Å². The second kappa shape index (κ2) is 6.76. The van der Waals surface area contributed by atoms with E-state index in [1.54, 1.807) is 18.2 Å². The lowest BCUT2D eigenvalue weighted by Gasteiger charge is -2.10. The third-order valence-electron chi connectivity index (χ3n) is 3.51. The monoisotopic (exact) mass is 343 g/mol. The SMILES string of the molecule is COc1cc(/C=C2\C(=O)ON=C2c2ccccc2)cc(Cl)c1OC. The smallest absolute Gasteiger partial charge is 0.368 e. The largest absolute Gasteiger partial charge is 0.493 e. The molecule has 1 aliphatic rings. The van der Waals surface area contributed by atoms with Crippen LogP contribution < -0.4 is 9.47 Å². The molecule has 0 unspecified atom stereocenters. The highest BCUT2D eigenvalue weighted by molar-refractivity contribution is 6.33. The summed E-state index contributed by atoms with van der Waals surface area (Å²) < 4.78 is 10.5. The van der Waals surface area contributed by atoms with Gasteiger partial charge in [0.1, 0.15) is 5.71 Å². The second-order valence-electron chi connectivity index (χ2n) is 4.98. The molecule has 0 radical (unpaired) electrons. The molecule has 3 rings (SSSR count). The van der Waals surface area contributed by atoms with E-state index >= 15 is 0 Å². The zero-order valence-corrected chi connectivity index (χ0v) is 13.8. The summed E-state index contributed by atoms with van der Waals surface area (Å²) in [6, 6.07) is 12.7. The van der Waals surface area contributed by atoms with Crippen molar-refractivity contribution in [3.05, 3.63) is 64.2 Å². The fourth-order valence-electron chi connectivity index (χ4n) is 2.40.